The van der Waals surface area contributed by atoms with Gasteiger partial charge in [0.15, 0.2) is 0 Å². The van der Waals surface area contributed by atoms with Crippen molar-refractivity contribution >= 4 is 16.2 Å². The molecule has 0 aromatic carbocycles. The van der Waals surface area contributed by atoms with Gasteiger partial charge in [-0.2, -0.15) is 13.1 Å². The highest BCUT2D eigenvalue weighted by Gasteiger charge is 2.47. The first-order valence-corrected chi connectivity index (χ1v) is 6.38. The van der Waals surface area contributed by atoms with E-state index >= 15 is 0 Å². The topological polar surface area (TPSA) is 109 Å². The lowest BCUT2D eigenvalue weighted by Crippen LogP contribution is -2.61. The number of carboxylic acids is 1. The Labute approximate surface area is 89.0 Å². The van der Waals surface area contributed by atoms with Gasteiger partial charge in [-0.05, 0) is 18.8 Å². The molecular formula is C8H16N2O4S. The predicted molar refractivity (Wildman–Crippen MR) is 54.2 cm³/mol. The zero-order valence-corrected chi connectivity index (χ0v) is 9.38. The van der Waals surface area contributed by atoms with Crippen LogP contribution in [0.3, 0.4) is 0 Å². The maximum Gasteiger partial charge on any atom is 0.325 e. The number of rotatable bonds is 3. The van der Waals surface area contributed by atoms with Crippen molar-refractivity contribution in [3.63, 3.8) is 0 Å². The highest BCUT2D eigenvalue weighted by atomic mass is 32.2. The molecule has 0 aliphatic heterocycles. The van der Waals surface area contributed by atoms with Crippen molar-refractivity contribution in [2.75, 3.05) is 0 Å². The summed E-state index contributed by atoms with van der Waals surface area (Å²) in [7, 11) is -3.99. The van der Waals surface area contributed by atoms with Crippen molar-refractivity contribution in [1.29, 1.82) is 0 Å². The van der Waals surface area contributed by atoms with E-state index < -0.39 is 21.7 Å². The molecule has 0 spiro atoms. The van der Waals surface area contributed by atoms with Crippen LogP contribution in [0.15, 0.2) is 0 Å². The SMILES string of the molecule is CC1CCCCC1(NS(N)(=O)=O)C(=O)O. The van der Waals surface area contributed by atoms with E-state index in [0.717, 1.165) is 6.42 Å². The molecule has 1 aliphatic rings. The summed E-state index contributed by atoms with van der Waals surface area (Å²) in [6.45, 7) is 1.73. The van der Waals surface area contributed by atoms with E-state index in [-0.39, 0.29) is 5.92 Å². The third-order valence-corrected chi connectivity index (χ3v) is 3.65. The summed E-state index contributed by atoms with van der Waals surface area (Å²) >= 11 is 0. The second-order valence-corrected chi connectivity index (χ2v) is 5.36. The molecule has 1 rings (SSSR count). The molecule has 15 heavy (non-hydrogen) atoms. The number of hydrogen-bond acceptors (Lipinski definition) is 3. The van der Waals surface area contributed by atoms with E-state index in [2.05, 4.69) is 4.72 Å². The molecule has 7 heteroatoms. The van der Waals surface area contributed by atoms with Gasteiger partial charge in [0.25, 0.3) is 10.2 Å². The number of hydrogen-bond donors (Lipinski definition) is 3. The number of aliphatic carboxylic acids is 1. The van der Waals surface area contributed by atoms with Gasteiger partial charge in [0, 0.05) is 0 Å². The van der Waals surface area contributed by atoms with Gasteiger partial charge in [0.1, 0.15) is 5.54 Å². The van der Waals surface area contributed by atoms with E-state index in [9.17, 15) is 13.2 Å². The molecule has 2 atom stereocenters. The van der Waals surface area contributed by atoms with Crippen molar-refractivity contribution in [1.82, 2.24) is 4.72 Å². The van der Waals surface area contributed by atoms with Crippen LogP contribution in [0.4, 0.5) is 0 Å². The third-order valence-electron chi connectivity index (χ3n) is 3.01. The summed E-state index contributed by atoms with van der Waals surface area (Å²) in [5.41, 5.74) is -1.42. The van der Waals surface area contributed by atoms with Gasteiger partial charge in [-0.3, -0.25) is 4.79 Å². The zero-order valence-electron chi connectivity index (χ0n) is 8.56. The first kappa shape index (κ1) is 12.4. The molecule has 2 unspecified atom stereocenters. The zero-order chi connectivity index (χ0) is 11.7. The van der Waals surface area contributed by atoms with Gasteiger partial charge in [-0.1, -0.05) is 19.8 Å². The Morgan fingerprint density at radius 3 is 2.53 bits per heavy atom. The number of nitrogens with one attached hydrogen (secondary N) is 1. The van der Waals surface area contributed by atoms with E-state index in [4.69, 9.17) is 10.2 Å². The minimum absolute atomic E-state index is 0.248. The monoisotopic (exact) mass is 236 g/mol. The molecule has 1 fully saturated rings. The Bertz CT molecular complexity index is 354. The van der Waals surface area contributed by atoms with Crippen LogP contribution in [0.25, 0.3) is 0 Å². The molecule has 6 nitrogen and oxygen atoms in total. The maximum atomic E-state index is 11.2. The van der Waals surface area contributed by atoms with Gasteiger partial charge in [-0.25, -0.2) is 5.14 Å². The lowest BCUT2D eigenvalue weighted by molar-refractivity contribution is -0.147. The normalized spacial score (nSPS) is 32.5. The average molecular weight is 236 g/mol. The van der Waals surface area contributed by atoms with Gasteiger partial charge >= 0.3 is 5.97 Å². The molecule has 0 saturated heterocycles. The number of carbonyl (C=O) groups is 1. The summed E-state index contributed by atoms with van der Waals surface area (Å²) < 4.78 is 24.0. The Balaban J connectivity index is 3.01. The maximum absolute atomic E-state index is 11.2. The summed E-state index contributed by atoms with van der Waals surface area (Å²) in [4.78, 5) is 11.2. The highest BCUT2D eigenvalue weighted by molar-refractivity contribution is 7.87. The van der Waals surface area contributed by atoms with Crippen LogP contribution in [-0.4, -0.2) is 25.0 Å². The second-order valence-electron chi connectivity index (χ2n) is 4.07. The largest absolute Gasteiger partial charge is 0.480 e. The van der Waals surface area contributed by atoms with Gasteiger partial charge in [0.2, 0.25) is 0 Å². The third kappa shape index (κ3) is 2.67. The Morgan fingerprint density at radius 1 is 1.53 bits per heavy atom. The van der Waals surface area contributed by atoms with Crippen molar-refractivity contribution in [2.45, 2.75) is 38.1 Å². The summed E-state index contributed by atoms with van der Waals surface area (Å²) in [6, 6.07) is 0. The summed E-state index contributed by atoms with van der Waals surface area (Å²) in [5.74, 6) is -1.40. The Kier molecular flexibility index (Phi) is 3.37. The van der Waals surface area contributed by atoms with E-state index in [1.165, 1.54) is 0 Å². The van der Waals surface area contributed by atoms with Crippen LogP contribution in [0.2, 0.25) is 0 Å². The predicted octanol–water partition coefficient (Wildman–Crippen LogP) is -0.187. The second kappa shape index (κ2) is 4.07. The number of nitrogens with two attached hydrogens (primary N) is 1. The standard InChI is InChI=1S/C8H16N2O4S/c1-6-4-2-3-5-8(6,7(11)12)10-15(9,13)14/h6,10H,2-5H2,1H3,(H,11,12)(H2,9,13,14). The quantitative estimate of drug-likeness (QED) is 0.631. The van der Waals surface area contributed by atoms with Crippen LogP contribution < -0.4 is 9.86 Å². The van der Waals surface area contributed by atoms with E-state index in [0.29, 0.717) is 19.3 Å². The van der Waals surface area contributed by atoms with Crippen LogP contribution in [-0.2, 0) is 15.0 Å². The van der Waals surface area contributed by atoms with E-state index in [1.807, 2.05) is 0 Å². The molecule has 1 saturated carbocycles. The molecule has 1 aliphatic carbocycles. The highest BCUT2D eigenvalue weighted by Crippen LogP contribution is 2.34. The first-order chi connectivity index (χ1) is 6.78. The lowest BCUT2D eigenvalue weighted by Gasteiger charge is -2.38. The fourth-order valence-corrected chi connectivity index (χ4v) is 3.01. The molecule has 0 aromatic rings. The Morgan fingerprint density at radius 2 is 2.13 bits per heavy atom. The molecule has 4 N–H and O–H groups in total. The fourth-order valence-electron chi connectivity index (χ4n) is 2.11. The fraction of sp³-hybridized carbons (Fsp3) is 0.875. The summed E-state index contributed by atoms with van der Waals surface area (Å²) in [6.07, 6.45) is 2.59. The molecule has 0 aromatic heterocycles. The Hall–Kier alpha value is -0.660. The first-order valence-electron chi connectivity index (χ1n) is 4.83. The van der Waals surface area contributed by atoms with Crippen LogP contribution in [0.1, 0.15) is 32.6 Å². The van der Waals surface area contributed by atoms with Gasteiger partial charge in [-0.15, -0.1) is 0 Å². The smallest absolute Gasteiger partial charge is 0.325 e. The van der Waals surface area contributed by atoms with Crippen molar-refractivity contribution < 1.29 is 18.3 Å². The lowest BCUT2D eigenvalue weighted by atomic mass is 9.74. The minimum atomic E-state index is -3.99. The van der Waals surface area contributed by atoms with Crippen molar-refractivity contribution in [2.24, 2.45) is 11.1 Å². The van der Waals surface area contributed by atoms with Gasteiger partial charge < -0.3 is 5.11 Å². The van der Waals surface area contributed by atoms with Crippen molar-refractivity contribution in [3.05, 3.63) is 0 Å². The summed E-state index contributed by atoms with van der Waals surface area (Å²) in [5, 5.41) is 14.0. The molecule has 0 amide bonds. The van der Waals surface area contributed by atoms with Crippen LogP contribution in [0, 0.1) is 5.92 Å². The van der Waals surface area contributed by atoms with Gasteiger partial charge in [0.05, 0.1) is 0 Å². The molecular weight excluding hydrogens is 220 g/mol. The molecule has 0 heterocycles. The van der Waals surface area contributed by atoms with Crippen molar-refractivity contribution in [3.8, 4) is 0 Å². The average Bonchev–Trinajstić information content (AvgIpc) is 2.06. The molecule has 0 bridgehead atoms. The van der Waals surface area contributed by atoms with Crippen LogP contribution >= 0.6 is 0 Å². The minimum Gasteiger partial charge on any atom is -0.480 e. The molecule has 88 valence electrons. The molecule has 0 radical (unpaired) electrons. The van der Waals surface area contributed by atoms with E-state index in [1.54, 1.807) is 6.92 Å². The number of carboxylic acid groups (broad SMARTS) is 1. The van der Waals surface area contributed by atoms with Crippen LogP contribution in [0.5, 0.6) is 0 Å².